The van der Waals surface area contributed by atoms with Gasteiger partial charge in [0.15, 0.2) is 11.5 Å². The van der Waals surface area contributed by atoms with Crippen LogP contribution in [-0.2, 0) is 0 Å². The van der Waals surface area contributed by atoms with Crippen molar-refractivity contribution in [2.75, 3.05) is 53.0 Å². The Morgan fingerprint density at radius 2 is 1.55 bits per heavy atom. The zero-order valence-electron chi connectivity index (χ0n) is 12.7. The molecule has 1 heterocycles. The maximum Gasteiger partial charge on any atom is 0.161 e. The Balaban J connectivity index is 1.69. The highest BCUT2D eigenvalue weighted by Crippen LogP contribution is 2.25. The normalized spacial score (nSPS) is 17.1. The number of benzene rings is 1. The fourth-order valence-corrected chi connectivity index (χ4v) is 2.58. The molecule has 1 aliphatic rings. The molecule has 0 aliphatic carbocycles. The van der Waals surface area contributed by atoms with E-state index in [1.807, 2.05) is 24.3 Å². The maximum absolute atomic E-state index is 5.82. The Hall–Kier alpha value is -1.26. The van der Waals surface area contributed by atoms with Crippen LogP contribution in [0.3, 0.4) is 0 Å². The van der Waals surface area contributed by atoms with E-state index in [2.05, 4.69) is 16.7 Å². The fraction of sp³-hybridized carbons (Fsp3) is 0.625. The molecule has 1 fully saturated rings. The summed E-state index contributed by atoms with van der Waals surface area (Å²) in [5, 5.41) is 0. The van der Waals surface area contributed by atoms with Crippen LogP contribution in [-0.4, -0.2) is 62.8 Å². The summed E-state index contributed by atoms with van der Waals surface area (Å²) in [6, 6.07) is 7.82. The van der Waals surface area contributed by atoms with Gasteiger partial charge < -0.3 is 14.4 Å². The second-order valence-corrected chi connectivity index (χ2v) is 5.18. The molecule has 2 rings (SSSR count). The van der Waals surface area contributed by atoms with Gasteiger partial charge in [-0.25, -0.2) is 0 Å². The molecule has 1 saturated heterocycles. The van der Waals surface area contributed by atoms with Crippen LogP contribution in [0.5, 0.6) is 11.5 Å². The molecule has 1 aromatic carbocycles. The molecule has 0 saturated carbocycles. The minimum absolute atomic E-state index is 0.716. The number of para-hydroxylation sites is 2. The van der Waals surface area contributed by atoms with Crippen molar-refractivity contribution in [3.05, 3.63) is 24.3 Å². The van der Waals surface area contributed by atoms with Gasteiger partial charge in [-0.15, -0.1) is 0 Å². The van der Waals surface area contributed by atoms with Gasteiger partial charge >= 0.3 is 0 Å². The number of rotatable bonds is 7. The Morgan fingerprint density at radius 1 is 0.950 bits per heavy atom. The number of hydrogen-bond acceptors (Lipinski definition) is 4. The van der Waals surface area contributed by atoms with Crippen LogP contribution in [0.15, 0.2) is 24.3 Å². The first-order chi connectivity index (χ1) is 9.83. The van der Waals surface area contributed by atoms with Crippen LogP contribution in [0, 0.1) is 0 Å². The highest BCUT2D eigenvalue weighted by Gasteiger charge is 2.15. The third-order valence-corrected chi connectivity index (χ3v) is 3.74. The van der Waals surface area contributed by atoms with Crippen molar-refractivity contribution < 1.29 is 9.47 Å². The van der Waals surface area contributed by atoms with Gasteiger partial charge in [0.05, 0.1) is 7.11 Å². The quantitative estimate of drug-likeness (QED) is 0.762. The Kier molecular flexibility index (Phi) is 6.15. The molecule has 20 heavy (non-hydrogen) atoms. The molecule has 0 atom stereocenters. The van der Waals surface area contributed by atoms with Gasteiger partial charge in [0, 0.05) is 32.7 Å². The molecular weight excluding hydrogens is 252 g/mol. The molecule has 0 amide bonds. The molecule has 0 radical (unpaired) electrons. The number of piperazine rings is 1. The number of methoxy groups -OCH3 is 1. The highest BCUT2D eigenvalue weighted by molar-refractivity contribution is 5.39. The largest absolute Gasteiger partial charge is 0.493 e. The van der Waals surface area contributed by atoms with Gasteiger partial charge in [-0.3, -0.25) is 4.90 Å². The lowest BCUT2D eigenvalue weighted by molar-refractivity contribution is 0.116. The Labute approximate surface area is 122 Å². The molecule has 0 N–H and O–H groups in total. The third-order valence-electron chi connectivity index (χ3n) is 3.74. The van der Waals surface area contributed by atoms with E-state index in [4.69, 9.17) is 9.47 Å². The van der Waals surface area contributed by atoms with E-state index < -0.39 is 0 Å². The standard InChI is InChI=1S/C16H26N2O2/c1-3-8-17-9-11-18(12-10-17)13-14-20-16-7-5-4-6-15(16)19-2/h4-7H,3,8-14H2,1-2H3. The summed E-state index contributed by atoms with van der Waals surface area (Å²) in [6.07, 6.45) is 1.25. The first-order valence-electron chi connectivity index (χ1n) is 7.54. The lowest BCUT2D eigenvalue weighted by atomic mass is 10.3. The minimum atomic E-state index is 0.716. The van der Waals surface area contributed by atoms with Crippen molar-refractivity contribution in [3.8, 4) is 11.5 Å². The van der Waals surface area contributed by atoms with Crippen molar-refractivity contribution in [3.63, 3.8) is 0 Å². The molecule has 4 nitrogen and oxygen atoms in total. The SMILES string of the molecule is CCCN1CCN(CCOc2ccccc2OC)CC1. The average molecular weight is 278 g/mol. The van der Waals surface area contributed by atoms with E-state index in [-0.39, 0.29) is 0 Å². The summed E-state index contributed by atoms with van der Waals surface area (Å²) in [6.45, 7) is 9.83. The van der Waals surface area contributed by atoms with Gasteiger partial charge in [-0.1, -0.05) is 19.1 Å². The van der Waals surface area contributed by atoms with E-state index in [9.17, 15) is 0 Å². The lowest BCUT2D eigenvalue weighted by Crippen LogP contribution is -2.47. The monoisotopic (exact) mass is 278 g/mol. The third kappa shape index (κ3) is 4.39. The number of hydrogen-bond donors (Lipinski definition) is 0. The minimum Gasteiger partial charge on any atom is -0.493 e. The average Bonchev–Trinajstić information content (AvgIpc) is 2.50. The molecule has 0 unspecified atom stereocenters. The highest BCUT2D eigenvalue weighted by atomic mass is 16.5. The summed E-state index contributed by atoms with van der Waals surface area (Å²) < 4.78 is 11.1. The van der Waals surface area contributed by atoms with Crippen LogP contribution < -0.4 is 9.47 Å². The lowest BCUT2D eigenvalue weighted by Gasteiger charge is -2.34. The molecule has 4 heteroatoms. The molecule has 1 aromatic rings. The zero-order chi connectivity index (χ0) is 14.2. The van der Waals surface area contributed by atoms with Crippen molar-refractivity contribution in [1.29, 1.82) is 0 Å². The fourth-order valence-electron chi connectivity index (χ4n) is 2.58. The number of nitrogens with zero attached hydrogens (tertiary/aromatic N) is 2. The summed E-state index contributed by atoms with van der Waals surface area (Å²) in [5.74, 6) is 1.64. The molecule has 0 aromatic heterocycles. The summed E-state index contributed by atoms with van der Waals surface area (Å²) in [5.41, 5.74) is 0. The van der Waals surface area contributed by atoms with E-state index in [1.165, 1.54) is 26.1 Å². The van der Waals surface area contributed by atoms with E-state index in [1.54, 1.807) is 7.11 Å². The molecule has 1 aliphatic heterocycles. The predicted octanol–water partition coefficient (Wildman–Crippen LogP) is 2.10. The second kappa shape index (κ2) is 8.12. The summed E-state index contributed by atoms with van der Waals surface area (Å²) in [4.78, 5) is 5.01. The second-order valence-electron chi connectivity index (χ2n) is 5.18. The van der Waals surface area contributed by atoms with Crippen LogP contribution in [0.25, 0.3) is 0 Å². The maximum atomic E-state index is 5.82. The predicted molar refractivity (Wildman–Crippen MR) is 81.7 cm³/mol. The smallest absolute Gasteiger partial charge is 0.161 e. The van der Waals surface area contributed by atoms with Crippen molar-refractivity contribution in [2.24, 2.45) is 0 Å². The van der Waals surface area contributed by atoms with Crippen molar-refractivity contribution in [1.82, 2.24) is 9.80 Å². The zero-order valence-corrected chi connectivity index (χ0v) is 12.7. The number of ether oxygens (including phenoxy) is 2. The van der Waals surface area contributed by atoms with Gasteiger partial charge in [-0.05, 0) is 25.1 Å². The van der Waals surface area contributed by atoms with Crippen LogP contribution in [0.2, 0.25) is 0 Å². The van der Waals surface area contributed by atoms with Gasteiger partial charge in [-0.2, -0.15) is 0 Å². The Morgan fingerprint density at radius 3 is 2.15 bits per heavy atom. The molecule has 0 spiro atoms. The van der Waals surface area contributed by atoms with Gasteiger partial charge in [0.25, 0.3) is 0 Å². The van der Waals surface area contributed by atoms with Crippen molar-refractivity contribution in [2.45, 2.75) is 13.3 Å². The van der Waals surface area contributed by atoms with Gasteiger partial charge in [0.2, 0.25) is 0 Å². The molecule has 0 bridgehead atoms. The van der Waals surface area contributed by atoms with Gasteiger partial charge in [0.1, 0.15) is 6.61 Å². The van der Waals surface area contributed by atoms with Crippen LogP contribution in [0.1, 0.15) is 13.3 Å². The topological polar surface area (TPSA) is 24.9 Å². The van der Waals surface area contributed by atoms with Crippen molar-refractivity contribution >= 4 is 0 Å². The van der Waals surface area contributed by atoms with E-state index >= 15 is 0 Å². The van der Waals surface area contributed by atoms with E-state index in [0.717, 1.165) is 31.1 Å². The van der Waals surface area contributed by atoms with E-state index in [0.29, 0.717) is 6.61 Å². The van der Waals surface area contributed by atoms with Crippen LogP contribution in [0.4, 0.5) is 0 Å². The summed E-state index contributed by atoms with van der Waals surface area (Å²) in [7, 11) is 1.68. The molecule has 112 valence electrons. The summed E-state index contributed by atoms with van der Waals surface area (Å²) >= 11 is 0. The first kappa shape index (κ1) is 15.1. The Bertz CT molecular complexity index is 390. The van der Waals surface area contributed by atoms with Crippen LogP contribution >= 0.6 is 0 Å². The first-order valence-corrected chi connectivity index (χ1v) is 7.54. The molecular formula is C16H26N2O2.